The van der Waals surface area contributed by atoms with Crippen LogP contribution in [-0.4, -0.2) is 29.8 Å². The normalized spacial score (nSPS) is 24.2. The largest absolute Gasteiger partial charge is 0.343 e. The van der Waals surface area contributed by atoms with E-state index in [4.69, 9.17) is 11.6 Å². The van der Waals surface area contributed by atoms with E-state index < -0.39 is 0 Å². The molecule has 0 spiro atoms. The Morgan fingerprint density at radius 3 is 3.00 bits per heavy atom. The summed E-state index contributed by atoms with van der Waals surface area (Å²) in [6, 6.07) is 0. The Bertz CT molecular complexity index is 159. The van der Waals surface area contributed by atoms with Crippen molar-refractivity contribution in [3.8, 4) is 0 Å². The molecular weight excluding hydrogens is 174 g/mol. The van der Waals surface area contributed by atoms with Gasteiger partial charge in [0.1, 0.15) is 0 Å². The average molecular weight is 190 g/mol. The number of halogens is 1. The lowest BCUT2D eigenvalue weighted by Gasteiger charge is -2.31. The second-order valence-electron chi connectivity index (χ2n) is 3.45. The van der Waals surface area contributed by atoms with Gasteiger partial charge in [-0.2, -0.15) is 0 Å². The predicted octanol–water partition coefficient (Wildman–Crippen LogP) is 1.87. The summed E-state index contributed by atoms with van der Waals surface area (Å²) in [5, 5.41) is 0. The number of likely N-dealkylation sites (tertiary alicyclic amines) is 1. The molecule has 0 bridgehead atoms. The lowest BCUT2D eigenvalue weighted by molar-refractivity contribution is -0.130. The standard InChI is InChI=1S/C9H16ClNO/c1-8(12)11-6-2-3-9(7-11)4-5-10/h9H,2-7H2,1H3. The van der Waals surface area contributed by atoms with Crippen LogP contribution in [0.3, 0.4) is 0 Å². The van der Waals surface area contributed by atoms with Crippen LogP contribution in [0.1, 0.15) is 26.2 Å². The first kappa shape index (κ1) is 9.85. The third kappa shape index (κ3) is 2.67. The molecule has 0 aromatic rings. The van der Waals surface area contributed by atoms with Crippen molar-refractivity contribution in [2.45, 2.75) is 26.2 Å². The molecule has 1 heterocycles. The Labute approximate surface area is 78.9 Å². The lowest BCUT2D eigenvalue weighted by atomic mass is 9.96. The monoisotopic (exact) mass is 189 g/mol. The van der Waals surface area contributed by atoms with Crippen molar-refractivity contribution in [2.75, 3.05) is 19.0 Å². The molecule has 0 aromatic heterocycles. The van der Waals surface area contributed by atoms with Gasteiger partial charge in [0.2, 0.25) is 5.91 Å². The summed E-state index contributed by atoms with van der Waals surface area (Å²) in [6.07, 6.45) is 3.42. The highest BCUT2D eigenvalue weighted by atomic mass is 35.5. The molecule has 0 saturated carbocycles. The Morgan fingerprint density at radius 2 is 2.42 bits per heavy atom. The predicted molar refractivity (Wildman–Crippen MR) is 50.3 cm³/mol. The molecule has 12 heavy (non-hydrogen) atoms. The zero-order valence-electron chi connectivity index (χ0n) is 7.55. The van der Waals surface area contributed by atoms with Gasteiger partial charge < -0.3 is 4.90 Å². The maximum atomic E-state index is 11.0. The number of rotatable bonds is 2. The van der Waals surface area contributed by atoms with Gasteiger partial charge in [0.15, 0.2) is 0 Å². The van der Waals surface area contributed by atoms with Gasteiger partial charge in [-0.1, -0.05) is 0 Å². The van der Waals surface area contributed by atoms with Crippen LogP contribution in [0.2, 0.25) is 0 Å². The van der Waals surface area contributed by atoms with Gasteiger partial charge in [0.25, 0.3) is 0 Å². The molecule has 70 valence electrons. The highest BCUT2D eigenvalue weighted by molar-refractivity contribution is 6.17. The van der Waals surface area contributed by atoms with Crippen LogP contribution in [-0.2, 0) is 4.79 Å². The molecule has 0 radical (unpaired) electrons. The number of carbonyl (C=O) groups excluding carboxylic acids is 1. The molecule has 1 unspecified atom stereocenters. The minimum atomic E-state index is 0.203. The fraction of sp³-hybridized carbons (Fsp3) is 0.889. The van der Waals surface area contributed by atoms with Crippen LogP contribution in [0, 0.1) is 5.92 Å². The van der Waals surface area contributed by atoms with Gasteiger partial charge in [0, 0.05) is 25.9 Å². The maximum Gasteiger partial charge on any atom is 0.219 e. The van der Waals surface area contributed by atoms with E-state index in [1.165, 1.54) is 6.42 Å². The Hall–Kier alpha value is -0.240. The molecule has 1 aliphatic rings. The lowest BCUT2D eigenvalue weighted by Crippen LogP contribution is -2.38. The molecule has 0 aliphatic carbocycles. The van der Waals surface area contributed by atoms with Crippen LogP contribution in [0.4, 0.5) is 0 Å². The summed E-state index contributed by atoms with van der Waals surface area (Å²) < 4.78 is 0. The van der Waals surface area contributed by atoms with Crippen LogP contribution in [0.15, 0.2) is 0 Å². The van der Waals surface area contributed by atoms with E-state index >= 15 is 0 Å². The molecular formula is C9H16ClNO. The summed E-state index contributed by atoms with van der Waals surface area (Å²) in [6.45, 7) is 3.50. The average Bonchev–Trinajstić information content (AvgIpc) is 2.05. The van der Waals surface area contributed by atoms with Gasteiger partial charge >= 0.3 is 0 Å². The fourth-order valence-electron chi connectivity index (χ4n) is 1.74. The van der Waals surface area contributed by atoms with Crippen molar-refractivity contribution in [3.63, 3.8) is 0 Å². The number of amides is 1. The quantitative estimate of drug-likeness (QED) is 0.608. The van der Waals surface area contributed by atoms with Gasteiger partial charge in [-0.3, -0.25) is 4.79 Å². The highest BCUT2D eigenvalue weighted by Gasteiger charge is 2.20. The van der Waals surface area contributed by atoms with Gasteiger partial charge in [-0.15, -0.1) is 11.6 Å². The molecule has 1 fully saturated rings. The first-order valence-corrected chi connectivity index (χ1v) is 5.09. The van der Waals surface area contributed by atoms with Crippen LogP contribution in [0.25, 0.3) is 0 Å². The van der Waals surface area contributed by atoms with Crippen LogP contribution < -0.4 is 0 Å². The molecule has 3 heteroatoms. The van der Waals surface area contributed by atoms with E-state index in [1.54, 1.807) is 6.92 Å². The minimum Gasteiger partial charge on any atom is -0.343 e. The zero-order valence-corrected chi connectivity index (χ0v) is 8.31. The zero-order chi connectivity index (χ0) is 8.97. The molecule has 1 atom stereocenters. The number of carbonyl (C=O) groups is 1. The number of hydrogen-bond acceptors (Lipinski definition) is 1. The fourth-order valence-corrected chi connectivity index (χ4v) is 2.05. The SMILES string of the molecule is CC(=O)N1CCCC(CCCl)C1. The minimum absolute atomic E-state index is 0.203. The van der Waals surface area contributed by atoms with E-state index in [0.29, 0.717) is 5.92 Å². The van der Waals surface area contributed by atoms with Crippen molar-refractivity contribution in [1.29, 1.82) is 0 Å². The van der Waals surface area contributed by atoms with Gasteiger partial charge in [0.05, 0.1) is 0 Å². The van der Waals surface area contributed by atoms with Gasteiger partial charge in [-0.25, -0.2) is 0 Å². The number of piperidine rings is 1. The van der Waals surface area contributed by atoms with Crippen molar-refractivity contribution in [3.05, 3.63) is 0 Å². The van der Waals surface area contributed by atoms with Crippen LogP contribution in [0.5, 0.6) is 0 Å². The van der Waals surface area contributed by atoms with Crippen molar-refractivity contribution < 1.29 is 4.79 Å². The molecule has 1 saturated heterocycles. The smallest absolute Gasteiger partial charge is 0.219 e. The first-order chi connectivity index (χ1) is 5.74. The second kappa shape index (κ2) is 4.70. The third-order valence-electron chi connectivity index (χ3n) is 2.48. The highest BCUT2D eigenvalue weighted by Crippen LogP contribution is 2.19. The Balaban J connectivity index is 2.35. The summed E-state index contributed by atoms with van der Waals surface area (Å²) in [4.78, 5) is 13.0. The van der Waals surface area contributed by atoms with Crippen LogP contribution >= 0.6 is 11.6 Å². The molecule has 2 nitrogen and oxygen atoms in total. The topological polar surface area (TPSA) is 20.3 Å². The van der Waals surface area contributed by atoms with Crippen molar-refractivity contribution in [2.24, 2.45) is 5.92 Å². The summed E-state index contributed by atoms with van der Waals surface area (Å²) >= 11 is 5.66. The Kier molecular flexibility index (Phi) is 3.86. The van der Waals surface area contributed by atoms with E-state index in [9.17, 15) is 4.79 Å². The van der Waals surface area contributed by atoms with Crippen molar-refractivity contribution >= 4 is 17.5 Å². The Morgan fingerprint density at radius 1 is 1.67 bits per heavy atom. The molecule has 1 amide bonds. The maximum absolute atomic E-state index is 11.0. The van der Waals surface area contributed by atoms with E-state index in [-0.39, 0.29) is 5.91 Å². The van der Waals surface area contributed by atoms with Gasteiger partial charge in [-0.05, 0) is 25.2 Å². The summed E-state index contributed by atoms with van der Waals surface area (Å²) in [5.41, 5.74) is 0. The number of hydrogen-bond donors (Lipinski definition) is 0. The number of nitrogens with zero attached hydrogens (tertiary/aromatic N) is 1. The van der Waals surface area contributed by atoms with E-state index in [2.05, 4.69) is 0 Å². The molecule has 0 aromatic carbocycles. The third-order valence-corrected chi connectivity index (χ3v) is 2.70. The molecule has 0 N–H and O–H groups in total. The molecule has 1 rings (SSSR count). The summed E-state index contributed by atoms with van der Waals surface area (Å²) in [5.74, 6) is 1.56. The van der Waals surface area contributed by atoms with Crippen molar-refractivity contribution in [1.82, 2.24) is 4.90 Å². The summed E-state index contributed by atoms with van der Waals surface area (Å²) in [7, 11) is 0. The number of alkyl halides is 1. The van der Waals surface area contributed by atoms with E-state index in [1.807, 2.05) is 4.90 Å². The molecule has 1 aliphatic heterocycles. The first-order valence-electron chi connectivity index (χ1n) is 4.55. The van der Waals surface area contributed by atoms with E-state index in [0.717, 1.165) is 31.8 Å². The second-order valence-corrected chi connectivity index (χ2v) is 3.83.